The summed E-state index contributed by atoms with van der Waals surface area (Å²) < 4.78 is 55.0. The number of nitrogens with zero attached hydrogens (tertiary/aromatic N) is 1. The molecule has 0 aliphatic heterocycles. The number of hydrogen-bond donors (Lipinski definition) is 2. The standard InChI is InChI=1S/C25H34F4N2O2S2/c1-17(15-30-24(2,3)11-5-6-20-8-9-22(26)34-20)16-31(4)35-21-13-18(7-10-23(32)33)12-19(14-21)25(27,28)29/h8-9,12-14,17,30H,5-7,10-11,15-16H2,1-4H3,(H,32,33)/t17-/m1/s1. The number of rotatable bonds is 14. The summed E-state index contributed by atoms with van der Waals surface area (Å²) in [7, 11) is 1.84. The number of nitrogens with one attached hydrogen (secondary N) is 1. The lowest BCUT2D eigenvalue weighted by Gasteiger charge is -2.29. The molecule has 0 saturated heterocycles. The quantitative estimate of drug-likeness (QED) is 0.204. The Kier molecular flexibility index (Phi) is 11.1. The molecule has 0 amide bonds. The molecular weight excluding hydrogens is 500 g/mol. The molecule has 0 unspecified atom stereocenters. The van der Waals surface area contributed by atoms with Crippen LogP contribution in [-0.2, 0) is 23.8 Å². The third-order valence-corrected chi connectivity index (χ3v) is 7.37. The van der Waals surface area contributed by atoms with Crippen molar-refractivity contribution in [1.82, 2.24) is 9.62 Å². The van der Waals surface area contributed by atoms with Gasteiger partial charge in [0.25, 0.3) is 0 Å². The van der Waals surface area contributed by atoms with Gasteiger partial charge >= 0.3 is 12.1 Å². The van der Waals surface area contributed by atoms with Crippen molar-refractivity contribution in [2.75, 3.05) is 20.1 Å². The Morgan fingerprint density at radius 3 is 2.51 bits per heavy atom. The highest BCUT2D eigenvalue weighted by Gasteiger charge is 2.31. The van der Waals surface area contributed by atoms with Crippen molar-refractivity contribution < 1.29 is 27.5 Å². The summed E-state index contributed by atoms with van der Waals surface area (Å²) in [6.07, 6.45) is -1.93. The topological polar surface area (TPSA) is 52.6 Å². The maximum absolute atomic E-state index is 13.3. The van der Waals surface area contributed by atoms with E-state index in [1.165, 1.54) is 29.4 Å². The zero-order chi connectivity index (χ0) is 26.2. The molecule has 1 atom stereocenters. The molecule has 4 nitrogen and oxygen atoms in total. The normalized spacial score (nSPS) is 13.4. The number of carbonyl (C=O) groups is 1. The minimum absolute atomic E-state index is 0.0490. The maximum Gasteiger partial charge on any atom is 0.416 e. The fourth-order valence-electron chi connectivity index (χ4n) is 3.72. The van der Waals surface area contributed by atoms with Crippen LogP contribution in [0.2, 0.25) is 0 Å². The van der Waals surface area contributed by atoms with E-state index < -0.39 is 17.7 Å². The molecular formula is C25H34F4N2O2S2. The molecule has 0 saturated carbocycles. The molecule has 1 aromatic heterocycles. The SMILES string of the molecule is C[C@H](CNC(C)(C)CCCc1ccc(F)s1)CN(C)Sc1cc(CCC(=O)O)cc(C(F)(F)F)c1. The van der Waals surface area contributed by atoms with Crippen LogP contribution < -0.4 is 5.32 Å². The number of alkyl halides is 3. The van der Waals surface area contributed by atoms with Crippen molar-refractivity contribution >= 4 is 29.3 Å². The molecule has 0 aliphatic carbocycles. The molecule has 0 radical (unpaired) electrons. The number of thiophene rings is 1. The average molecular weight is 535 g/mol. The first-order valence-corrected chi connectivity index (χ1v) is 13.1. The van der Waals surface area contributed by atoms with Gasteiger partial charge in [0.2, 0.25) is 0 Å². The van der Waals surface area contributed by atoms with Crippen LogP contribution in [0.15, 0.2) is 35.2 Å². The monoisotopic (exact) mass is 534 g/mol. The summed E-state index contributed by atoms with van der Waals surface area (Å²) >= 11 is 2.41. The highest BCUT2D eigenvalue weighted by atomic mass is 32.2. The van der Waals surface area contributed by atoms with E-state index in [4.69, 9.17) is 5.11 Å². The molecule has 10 heteroatoms. The van der Waals surface area contributed by atoms with Crippen LogP contribution >= 0.6 is 23.3 Å². The van der Waals surface area contributed by atoms with Gasteiger partial charge in [-0.25, -0.2) is 4.31 Å². The van der Waals surface area contributed by atoms with Crippen molar-refractivity contribution in [3.63, 3.8) is 0 Å². The summed E-state index contributed by atoms with van der Waals surface area (Å²) in [5.41, 5.74) is -0.492. The average Bonchev–Trinajstić information content (AvgIpc) is 3.15. The lowest BCUT2D eigenvalue weighted by Crippen LogP contribution is -2.42. The number of benzene rings is 1. The van der Waals surface area contributed by atoms with Crippen LogP contribution in [-0.4, -0.2) is 41.1 Å². The Hall–Kier alpha value is -1.62. The van der Waals surface area contributed by atoms with Crippen molar-refractivity contribution in [1.29, 1.82) is 0 Å². The molecule has 2 rings (SSSR count). The summed E-state index contributed by atoms with van der Waals surface area (Å²) in [6.45, 7) is 7.75. The second-order valence-electron chi connectivity index (χ2n) is 9.59. The Morgan fingerprint density at radius 2 is 1.91 bits per heavy atom. The van der Waals surface area contributed by atoms with Gasteiger partial charge in [0.05, 0.1) is 5.56 Å². The van der Waals surface area contributed by atoms with Gasteiger partial charge < -0.3 is 10.4 Å². The Labute approximate surface area is 213 Å². The molecule has 196 valence electrons. The minimum Gasteiger partial charge on any atom is -0.481 e. The van der Waals surface area contributed by atoms with Gasteiger partial charge in [-0.1, -0.05) is 6.92 Å². The van der Waals surface area contributed by atoms with Gasteiger partial charge in [0.1, 0.15) is 0 Å². The Bertz CT molecular complexity index is 963. The highest BCUT2D eigenvalue weighted by molar-refractivity contribution is 7.97. The molecule has 0 bridgehead atoms. The van der Waals surface area contributed by atoms with Crippen LogP contribution in [0, 0.1) is 11.0 Å². The predicted octanol–water partition coefficient (Wildman–Crippen LogP) is 6.89. The minimum atomic E-state index is -4.49. The fourth-order valence-corrected chi connectivity index (χ4v) is 5.56. The van der Waals surface area contributed by atoms with Crippen LogP contribution in [0.25, 0.3) is 0 Å². The van der Waals surface area contributed by atoms with E-state index in [0.717, 1.165) is 42.8 Å². The van der Waals surface area contributed by atoms with E-state index in [1.807, 2.05) is 17.4 Å². The van der Waals surface area contributed by atoms with Gasteiger partial charge in [-0.15, -0.1) is 11.3 Å². The number of carboxylic acid groups (broad SMARTS) is 1. The smallest absolute Gasteiger partial charge is 0.416 e. The van der Waals surface area contributed by atoms with Crippen LogP contribution in [0.5, 0.6) is 0 Å². The van der Waals surface area contributed by atoms with E-state index in [1.54, 1.807) is 6.07 Å². The third-order valence-electron chi connectivity index (χ3n) is 5.53. The number of aliphatic carboxylic acids is 1. The summed E-state index contributed by atoms with van der Waals surface area (Å²) in [4.78, 5) is 12.3. The van der Waals surface area contributed by atoms with Crippen molar-refractivity contribution in [3.05, 3.63) is 51.5 Å². The summed E-state index contributed by atoms with van der Waals surface area (Å²) in [6, 6.07) is 7.09. The molecule has 35 heavy (non-hydrogen) atoms. The second-order valence-corrected chi connectivity index (χ2v) is 12.0. The molecule has 1 aromatic carbocycles. The fraction of sp³-hybridized carbons (Fsp3) is 0.560. The van der Waals surface area contributed by atoms with Crippen LogP contribution in [0.4, 0.5) is 17.6 Å². The zero-order valence-corrected chi connectivity index (χ0v) is 22.2. The Morgan fingerprint density at radius 1 is 1.20 bits per heavy atom. The van der Waals surface area contributed by atoms with E-state index >= 15 is 0 Å². The first-order valence-electron chi connectivity index (χ1n) is 11.5. The van der Waals surface area contributed by atoms with Crippen molar-refractivity contribution in [2.45, 2.75) is 69.5 Å². The van der Waals surface area contributed by atoms with E-state index in [-0.39, 0.29) is 29.4 Å². The van der Waals surface area contributed by atoms with Gasteiger partial charge in [0.15, 0.2) is 5.13 Å². The predicted molar refractivity (Wildman–Crippen MR) is 134 cm³/mol. The Balaban J connectivity index is 1.86. The summed E-state index contributed by atoms with van der Waals surface area (Å²) in [5.74, 6) is -0.797. The number of carboxylic acids is 1. The van der Waals surface area contributed by atoms with Crippen molar-refractivity contribution in [3.8, 4) is 0 Å². The second kappa shape index (κ2) is 13.1. The van der Waals surface area contributed by atoms with Gasteiger partial charge in [-0.3, -0.25) is 4.79 Å². The first kappa shape index (κ1) is 29.6. The van der Waals surface area contributed by atoms with Crippen LogP contribution in [0.3, 0.4) is 0 Å². The largest absolute Gasteiger partial charge is 0.481 e. The van der Waals surface area contributed by atoms with E-state index in [9.17, 15) is 22.4 Å². The van der Waals surface area contributed by atoms with E-state index in [0.29, 0.717) is 17.0 Å². The lowest BCUT2D eigenvalue weighted by molar-refractivity contribution is -0.138. The number of halogens is 4. The number of aryl methyl sites for hydroxylation is 2. The van der Waals surface area contributed by atoms with E-state index in [2.05, 4.69) is 26.1 Å². The molecule has 0 aliphatic rings. The molecule has 2 N–H and O–H groups in total. The molecule has 1 heterocycles. The zero-order valence-electron chi connectivity index (χ0n) is 20.5. The van der Waals surface area contributed by atoms with Gasteiger partial charge in [-0.05, 0) is 107 Å². The first-order chi connectivity index (χ1) is 16.2. The molecule has 0 fully saturated rings. The van der Waals surface area contributed by atoms with Crippen molar-refractivity contribution in [2.24, 2.45) is 5.92 Å². The molecule has 0 spiro atoms. The van der Waals surface area contributed by atoms with Gasteiger partial charge in [0, 0.05) is 28.3 Å². The van der Waals surface area contributed by atoms with Crippen LogP contribution in [0.1, 0.15) is 56.0 Å². The highest BCUT2D eigenvalue weighted by Crippen LogP contribution is 2.34. The maximum atomic E-state index is 13.3. The molecule has 2 aromatic rings. The number of hydrogen-bond acceptors (Lipinski definition) is 5. The summed E-state index contributed by atoms with van der Waals surface area (Å²) in [5, 5.41) is 12.3. The lowest BCUT2D eigenvalue weighted by atomic mass is 9.96. The van der Waals surface area contributed by atoms with Gasteiger partial charge in [-0.2, -0.15) is 17.6 Å². The third kappa shape index (κ3) is 11.3.